The van der Waals surface area contributed by atoms with Crippen molar-refractivity contribution in [1.82, 2.24) is 5.32 Å². The molecule has 1 fully saturated rings. The number of rotatable bonds is 7. The molecule has 3 nitrogen and oxygen atoms in total. The first-order valence-corrected chi connectivity index (χ1v) is 7.83. The van der Waals surface area contributed by atoms with Crippen molar-refractivity contribution in [3.63, 3.8) is 0 Å². The molecule has 1 aliphatic carbocycles. The zero-order chi connectivity index (χ0) is 14.4. The van der Waals surface area contributed by atoms with Crippen molar-refractivity contribution in [1.29, 1.82) is 0 Å². The standard InChI is InChI=1S/C17H28N2O/c1-4-11-18-17-10-5-7-14(17)13-19(2)15-8-6-9-16(12-15)20-3/h6,8-9,12,14,17-18H,4-5,7,10-11,13H2,1-3H3. The first-order valence-electron chi connectivity index (χ1n) is 7.83. The van der Waals surface area contributed by atoms with Gasteiger partial charge in [0.2, 0.25) is 0 Å². The Morgan fingerprint density at radius 2 is 2.20 bits per heavy atom. The van der Waals surface area contributed by atoms with Gasteiger partial charge < -0.3 is 15.0 Å². The number of nitrogens with zero attached hydrogens (tertiary/aromatic N) is 1. The topological polar surface area (TPSA) is 24.5 Å². The molecule has 112 valence electrons. The number of ether oxygens (including phenoxy) is 1. The summed E-state index contributed by atoms with van der Waals surface area (Å²) in [6.07, 6.45) is 5.25. The fraction of sp³-hybridized carbons (Fsp3) is 0.647. The predicted molar refractivity (Wildman–Crippen MR) is 85.7 cm³/mol. The lowest BCUT2D eigenvalue weighted by atomic mass is 10.0. The summed E-state index contributed by atoms with van der Waals surface area (Å²) in [5.41, 5.74) is 1.24. The molecule has 1 N–H and O–H groups in total. The average molecular weight is 276 g/mol. The molecule has 0 bridgehead atoms. The summed E-state index contributed by atoms with van der Waals surface area (Å²) in [5, 5.41) is 3.71. The molecule has 1 aromatic rings. The Kier molecular flexibility index (Phi) is 5.72. The predicted octanol–water partition coefficient (Wildman–Crippen LogP) is 3.30. The van der Waals surface area contributed by atoms with Gasteiger partial charge >= 0.3 is 0 Å². The Hall–Kier alpha value is -1.22. The molecular formula is C17H28N2O. The minimum Gasteiger partial charge on any atom is -0.497 e. The molecule has 0 spiro atoms. The summed E-state index contributed by atoms with van der Waals surface area (Å²) >= 11 is 0. The largest absolute Gasteiger partial charge is 0.497 e. The quantitative estimate of drug-likeness (QED) is 0.827. The van der Waals surface area contributed by atoms with Gasteiger partial charge in [-0.15, -0.1) is 0 Å². The van der Waals surface area contributed by atoms with Crippen molar-refractivity contribution in [2.45, 2.75) is 38.6 Å². The zero-order valence-electron chi connectivity index (χ0n) is 13.1. The first kappa shape index (κ1) is 15.2. The Morgan fingerprint density at radius 3 is 2.95 bits per heavy atom. The monoisotopic (exact) mass is 276 g/mol. The Bertz CT molecular complexity index is 408. The molecule has 0 amide bonds. The highest BCUT2D eigenvalue weighted by molar-refractivity contribution is 5.50. The van der Waals surface area contributed by atoms with Gasteiger partial charge in [-0.1, -0.05) is 19.4 Å². The van der Waals surface area contributed by atoms with Crippen molar-refractivity contribution in [2.75, 3.05) is 32.1 Å². The maximum atomic E-state index is 5.31. The minimum absolute atomic E-state index is 0.697. The lowest BCUT2D eigenvalue weighted by Gasteiger charge is -2.28. The third-order valence-corrected chi connectivity index (χ3v) is 4.32. The molecule has 1 aromatic carbocycles. The van der Waals surface area contributed by atoms with Crippen molar-refractivity contribution in [2.24, 2.45) is 5.92 Å². The van der Waals surface area contributed by atoms with Crippen LogP contribution in [0.4, 0.5) is 5.69 Å². The van der Waals surface area contributed by atoms with Gasteiger partial charge in [0.05, 0.1) is 7.11 Å². The minimum atomic E-state index is 0.697. The molecule has 0 heterocycles. The molecule has 0 aliphatic heterocycles. The Morgan fingerprint density at radius 1 is 1.35 bits per heavy atom. The summed E-state index contributed by atoms with van der Waals surface area (Å²) in [6, 6.07) is 9.03. The Balaban J connectivity index is 1.94. The van der Waals surface area contributed by atoms with Crippen LogP contribution in [0.1, 0.15) is 32.6 Å². The van der Waals surface area contributed by atoms with E-state index in [-0.39, 0.29) is 0 Å². The van der Waals surface area contributed by atoms with Crippen LogP contribution in [0.3, 0.4) is 0 Å². The van der Waals surface area contributed by atoms with Crippen LogP contribution in [0.2, 0.25) is 0 Å². The lowest BCUT2D eigenvalue weighted by Crippen LogP contribution is -2.38. The fourth-order valence-electron chi connectivity index (χ4n) is 3.16. The molecule has 3 heteroatoms. The van der Waals surface area contributed by atoms with Gasteiger partial charge in [-0.2, -0.15) is 0 Å². The average Bonchev–Trinajstić information content (AvgIpc) is 2.92. The van der Waals surface area contributed by atoms with Crippen molar-refractivity contribution in [3.05, 3.63) is 24.3 Å². The van der Waals surface area contributed by atoms with E-state index in [0.29, 0.717) is 6.04 Å². The molecule has 0 aromatic heterocycles. The van der Waals surface area contributed by atoms with E-state index in [1.54, 1.807) is 7.11 Å². The number of benzene rings is 1. The fourth-order valence-corrected chi connectivity index (χ4v) is 3.16. The summed E-state index contributed by atoms with van der Waals surface area (Å²) in [7, 11) is 3.91. The van der Waals surface area contributed by atoms with Gasteiger partial charge in [0.15, 0.2) is 0 Å². The van der Waals surface area contributed by atoms with E-state index in [2.05, 4.69) is 42.4 Å². The second-order valence-corrected chi connectivity index (χ2v) is 5.83. The van der Waals surface area contributed by atoms with Crippen LogP contribution in [0.25, 0.3) is 0 Å². The van der Waals surface area contributed by atoms with E-state index in [4.69, 9.17) is 4.74 Å². The second kappa shape index (κ2) is 7.53. The highest BCUT2D eigenvalue weighted by atomic mass is 16.5. The van der Waals surface area contributed by atoms with Crippen LogP contribution in [-0.4, -0.2) is 33.3 Å². The van der Waals surface area contributed by atoms with Gasteiger partial charge in [0.25, 0.3) is 0 Å². The van der Waals surface area contributed by atoms with Crippen LogP contribution in [-0.2, 0) is 0 Å². The molecule has 2 rings (SSSR count). The van der Waals surface area contributed by atoms with E-state index in [1.807, 2.05) is 6.07 Å². The summed E-state index contributed by atoms with van der Waals surface area (Å²) in [4.78, 5) is 2.36. The van der Waals surface area contributed by atoms with Crippen molar-refractivity contribution in [3.8, 4) is 5.75 Å². The van der Waals surface area contributed by atoms with Crippen molar-refractivity contribution >= 4 is 5.69 Å². The summed E-state index contributed by atoms with van der Waals surface area (Å²) < 4.78 is 5.31. The highest BCUT2D eigenvalue weighted by Crippen LogP contribution is 2.28. The molecule has 1 saturated carbocycles. The van der Waals surface area contributed by atoms with Crippen LogP contribution < -0.4 is 15.0 Å². The number of methoxy groups -OCH3 is 1. The third kappa shape index (κ3) is 3.89. The molecule has 1 aliphatic rings. The second-order valence-electron chi connectivity index (χ2n) is 5.83. The van der Waals surface area contributed by atoms with Gasteiger partial charge in [0, 0.05) is 31.4 Å². The van der Waals surface area contributed by atoms with Crippen LogP contribution in [0, 0.1) is 5.92 Å². The maximum absolute atomic E-state index is 5.31. The smallest absolute Gasteiger partial charge is 0.120 e. The number of hydrogen-bond donors (Lipinski definition) is 1. The van der Waals surface area contributed by atoms with E-state index in [0.717, 1.165) is 24.8 Å². The van der Waals surface area contributed by atoms with Gasteiger partial charge in [-0.25, -0.2) is 0 Å². The summed E-state index contributed by atoms with van der Waals surface area (Å²) in [6.45, 7) is 4.50. The molecule has 2 unspecified atom stereocenters. The number of anilines is 1. The third-order valence-electron chi connectivity index (χ3n) is 4.32. The molecule has 2 atom stereocenters. The number of hydrogen-bond acceptors (Lipinski definition) is 3. The highest BCUT2D eigenvalue weighted by Gasteiger charge is 2.27. The normalized spacial score (nSPS) is 21.9. The van der Waals surface area contributed by atoms with Crippen LogP contribution in [0.15, 0.2) is 24.3 Å². The Labute approximate surface area is 123 Å². The number of nitrogens with one attached hydrogen (secondary N) is 1. The molecule has 20 heavy (non-hydrogen) atoms. The van der Waals surface area contributed by atoms with E-state index in [9.17, 15) is 0 Å². The first-order chi connectivity index (χ1) is 9.74. The van der Waals surface area contributed by atoms with Gasteiger partial charge in [-0.3, -0.25) is 0 Å². The SMILES string of the molecule is CCCNC1CCCC1CN(C)c1cccc(OC)c1. The van der Waals surface area contributed by atoms with Crippen LogP contribution >= 0.6 is 0 Å². The molecule has 0 radical (unpaired) electrons. The van der Waals surface area contributed by atoms with E-state index in [1.165, 1.54) is 31.4 Å². The van der Waals surface area contributed by atoms with Crippen molar-refractivity contribution < 1.29 is 4.74 Å². The maximum Gasteiger partial charge on any atom is 0.120 e. The van der Waals surface area contributed by atoms with Gasteiger partial charge in [-0.05, 0) is 43.9 Å². The van der Waals surface area contributed by atoms with Gasteiger partial charge in [0.1, 0.15) is 5.75 Å². The zero-order valence-corrected chi connectivity index (χ0v) is 13.1. The van der Waals surface area contributed by atoms with E-state index < -0.39 is 0 Å². The molecular weight excluding hydrogens is 248 g/mol. The summed E-state index contributed by atoms with van der Waals surface area (Å²) in [5.74, 6) is 1.69. The lowest BCUT2D eigenvalue weighted by molar-refractivity contribution is 0.402. The molecule has 0 saturated heterocycles. The van der Waals surface area contributed by atoms with Crippen LogP contribution in [0.5, 0.6) is 5.75 Å². The van der Waals surface area contributed by atoms with E-state index >= 15 is 0 Å².